The van der Waals surface area contributed by atoms with Gasteiger partial charge in [-0.3, -0.25) is 0 Å². The van der Waals surface area contributed by atoms with Crippen LogP contribution in [-0.4, -0.2) is 12.6 Å². The van der Waals surface area contributed by atoms with Crippen LogP contribution in [0.1, 0.15) is 34.0 Å². The van der Waals surface area contributed by atoms with E-state index >= 15 is 0 Å². The molecule has 3 nitrogen and oxygen atoms in total. The Morgan fingerprint density at radius 1 is 1.47 bits per heavy atom. The van der Waals surface area contributed by atoms with Crippen molar-refractivity contribution < 1.29 is 22.7 Å². The molecule has 0 saturated carbocycles. The van der Waals surface area contributed by atoms with Crippen molar-refractivity contribution in [2.75, 3.05) is 6.61 Å². The SMILES string of the molecule is CCOC(=O)c1cc(C#N)c(C(F)(F)F)cc1CBr. The van der Waals surface area contributed by atoms with Crippen molar-refractivity contribution in [1.29, 1.82) is 5.26 Å². The van der Waals surface area contributed by atoms with Crippen LogP contribution in [0.4, 0.5) is 13.2 Å². The van der Waals surface area contributed by atoms with Crippen molar-refractivity contribution in [3.05, 3.63) is 34.4 Å². The van der Waals surface area contributed by atoms with Gasteiger partial charge in [0.25, 0.3) is 0 Å². The van der Waals surface area contributed by atoms with E-state index in [1.54, 1.807) is 6.92 Å². The molecule has 0 spiro atoms. The van der Waals surface area contributed by atoms with E-state index in [0.717, 1.165) is 12.1 Å². The molecule has 1 aromatic carbocycles. The average Bonchev–Trinajstić information content (AvgIpc) is 2.36. The fourth-order valence-corrected chi connectivity index (χ4v) is 1.94. The fourth-order valence-electron chi connectivity index (χ4n) is 1.48. The molecule has 102 valence electrons. The Bertz CT molecular complexity index is 535. The third kappa shape index (κ3) is 3.47. The molecule has 0 aromatic heterocycles. The average molecular weight is 336 g/mol. The number of esters is 1. The minimum absolute atomic E-state index is 0.0386. The highest BCUT2D eigenvalue weighted by molar-refractivity contribution is 9.08. The van der Waals surface area contributed by atoms with Gasteiger partial charge >= 0.3 is 12.1 Å². The molecule has 0 bridgehead atoms. The summed E-state index contributed by atoms with van der Waals surface area (Å²) in [6.07, 6.45) is -4.64. The predicted octanol–water partition coefficient (Wildman–Crippen LogP) is 3.65. The lowest BCUT2D eigenvalue weighted by Crippen LogP contribution is -2.13. The first-order valence-electron chi connectivity index (χ1n) is 5.22. The molecular formula is C12H9BrF3NO2. The highest BCUT2D eigenvalue weighted by Gasteiger charge is 2.35. The molecule has 1 aromatic rings. The molecule has 0 fully saturated rings. The van der Waals surface area contributed by atoms with Crippen LogP contribution in [-0.2, 0) is 16.2 Å². The maximum absolute atomic E-state index is 12.7. The van der Waals surface area contributed by atoms with E-state index in [1.807, 2.05) is 0 Å². The summed E-state index contributed by atoms with van der Waals surface area (Å²) in [5, 5.41) is 8.82. The maximum Gasteiger partial charge on any atom is 0.417 e. The van der Waals surface area contributed by atoms with Gasteiger partial charge in [-0.15, -0.1) is 0 Å². The van der Waals surface area contributed by atoms with Crippen LogP contribution in [0.2, 0.25) is 0 Å². The van der Waals surface area contributed by atoms with Gasteiger partial charge in [0.15, 0.2) is 0 Å². The summed E-state index contributed by atoms with van der Waals surface area (Å²) in [6, 6.07) is 3.15. The Morgan fingerprint density at radius 3 is 2.53 bits per heavy atom. The standard InChI is InChI=1S/C12H9BrF3NO2/c1-2-19-11(18)9-3-8(6-17)10(12(14,15)16)4-7(9)5-13/h3-4H,2,5H2,1H3. The zero-order valence-corrected chi connectivity index (χ0v) is 11.4. The summed E-state index contributed by atoms with van der Waals surface area (Å²) in [6.45, 7) is 1.68. The molecule has 0 radical (unpaired) electrons. The number of halogens is 4. The van der Waals surface area contributed by atoms with Gasteiger partial charge in [-0.25, -0.2) is 4.79 Å². The summed E-state index contributed by atoms with van der Waals surface area (Å²) in [4.78, 5) is 11.6. The van der Waals surface area contributed by atoms with Gasteiger partial charge in [0.2, 0.25) is 0 Å². The number of benzene rings is 1. The summed E-state index contributed by atoms with van der Waals surface area (Å²) in [5.41, 5.74) is -1.56. The van der Waals surface area contributed by atoms with Gasteiger partial charge in [-0.2, -0.15) is 18.4 Å². The van der Waals surface area contributed by atoms with E-state index in [0.29, 0.717) is 0 Å². The number of alkyl halides is 4. The molecule has 0 aliphatic carbocycles. The smallest absolute Gasteiger partial charge is 0.417 e. The molecule has 0 atom stereocenters. The third-order valence-electron chi connectivity index (χ3n) is 2.31. The number of carbonyl (C=O) groups excluding carboxylic acids is 1. The van der Waals surface area contributed by atoms with Crippen LogP contribution < -0.4 is 0 Å². The lowest BCUT2D eigenvalue weighted by Gasteiger charge is -2.13. The van der Waals surface area contributed by atoms with Crippen LogP contribution in [0, 0.1) is 11.3 Å². The zero-order valence-electron chi connectivity index (χ0n) is 9.84. The quantitative estimate of drug-likeness (QED) is 0.625. The summed E-state index contributed by atoms with van der Waals surface area (Å²) < 4.78 is 43.0. The minimum Gasteiger partial charge on any atom is -0.462 e. The first kappa shape index (κ1) is 15.5. The van der Waals surface area contributed by atoms with Crippen LogP contribution in [0.15, 0.2) is 12.1 Å². The number of carbonyl (C=O) groups is 1. The predicted molar refractivity (Wildman–Crippen MR) is 64.7 cm³/mol. The summed E-state index contributed by atoms with van der Waals surface area (Å²) in [5.74, 6) is -0.748. The molecule has 0 aliphatic heterocycles. The van der Waals surface area contributed by atoms with E-state index in [-0.39, 0.29) is 23.1 Å². The first-order valence-corrected chi connectivity index (χ1v) is 6.34. The van der Waals surface area contributed by atoms with Crippen LogP contribution in [0.3, 0.4) is 0 Å². The van der Waals surface area contributed by atoms with E-state index < -0.39 is 23.3 Å². The number of ether oxygens (including phenoxy) is 1. The van der Waals surface area contributed by atoms with Gasteiger partial charge in [0.1, 0.15) is 0 Å². The van der Waals surface area contributed by atoms with E-state index in [9.17, 15) is 18.0 Å². The Hall–Kier alpha value is -1.55. The van der Waals surface area contributed by atoms with Gasteiger partial charge in [-0.05, 0) is 24.6 Å². The topological polar surface area (TPSA) is 50.1 Å². The van der Waals surface area contributed by atoms with E-state index in [2.05, 4.69) is 15.9 Å². The maximum atomic E-state index is 12.7. The molecule has 0 heterocycles. The van der Waals surface area contributed by atoms with Crippen LogP contribution in [0.5, 0.6) is 0 Å². The second kappa shape index (κ2) is 6.06. The van der Waals surface area contributed by atoms with Crippen LogP contribution in [0.25, 0.3) is 0 Å². The molecule has 0 saturated heterocycles. The van der Waals surface area contributed by atoms with Gasteiger partial charge in [-0.1, -0.05) is 15.9 Å². The first-order chi connectivity index (χ1) is 8.85. The Kier molecular flexibility index (Phi) is 4.95. The molecular weight excluding hydrogens is 327 g/mol. The van der Waals surface area contributed by atoms with Crippen molar-refractivity contribution in [2.24, 2.45) is 0 Å². The normalized spacial score (nSPS) is 10.9. The molecule has 0 unspecified atom stereocenters. The lowest BCUT2D eigenvalue weighted by atomic mass is 9.99. The van der Waals surface area contributed by atoms with Gasteiger partial charge in [0.05, 0.1) is 29.4 Å². The largest absolute Gasteiger partial charge is 0.462 e. The molecule has 0 N–H and O–H groups in total. The second-order valence-corrected chi connectivity index (χ2v) is 4.08. The fraction of sp³-hybridized carbons (Fsp3) is 0.333. The summed E-state index contributed by atoms with van der Waals surface area (Å²) >= 11 is 3.02. The number of rotatable bonds is 3. The Morgan fingerprint density at radius 2 is 2.11 bits per heavy atom. The van der Waals surface area contributed by atoms with Crippen molar-refractivity contribution in [2.45, 2.75) is 18.4 Å². The van der Waals surface area contributed by atoms with Gasteiger partial charge in [0, 0.05) is 5.33 Å². The number of nitriles is 1. The number of nitrogens with zero attached hydrogens (tertiary/aromatic N) is 1. The van der Waals surface area contributed by atoms with Gasteiger partial charge < -0.3 is 4.74 Å². The highest BCUT2D eigenvalue weighted by atomic mass is 79.9. The monoisotopic (exact) mass is 335 g/mol. The van der Waals surface area contributed by atoms with E-state index in [1.165, 1.54) is 6.07 Å². The molecule has 19 heavy (non-hydrogen) atoms. The number of hydrogen-bond acceptors (Lipinski definition) is 3. The van der Waals surface area contributed by atoms with Crippen LogP contribution >= 0.6 is 15.9 Å². The molecule has 0 amide bonds. The van der Waals surface area contributed by atoms with Crippen molar-refractivity contribution >= 4 is 21.9 Å². The Balaban J connectivity index is 3.45. The third-order valence-corrected chi connectivity index (χ3v) is 2.91. The number of hydrogen-bond donors (Lipinski definition) is 0. The lowest BCUT2D eigenvalue weighted by molar-refractivity contribution is -0.137. The second-order valence-electron chi connectivity index (χ2n) is 3.52. The Labute approximate surface area is 116 Å². The van der Waals surface area contributed by atoms with Crippen molar-refractivity contribution in [3.63, 3.8) is 0 Å². The highest BCUT2D eigenvalue weighted by Crippen LogP contribution is 2.34. The molecule has 7 heteroatoms. The van der Waals surface area contributed by atoms with Crippen molar-refractivity contribution in [3.8, 4) is 6.07 Å². The molecule has 1 rings (SSSR count). The molecule has 0 aliphatic rings. The zero-order chi connectivity index (χ0) is 14.6. The summed E-state index contributed by atoms with van der Waals surface area (Å²) in [7, 11) is 0. The van der Waals surface area contributed by atoms with E-state index in [4.69, 9.17) is 10.00 Å². The minimum atomic E-state index is -4.64. The van der Waals surface area contributed by atoms with Crippen molar-refractivity contribution in [1.82, 2.24) is 0 Å².